The van der Waals surface area contributed by atoms with Gasteiger partial charge in [-0.25, -0.2) is 4.68 Å². The first-order chi connectivity index (χ1) is 9.49. The minimum atomic E-state index is -0.555. The topological polar surface area (TPSA) is 72.9 Å². The monoisotopic (exact) mass is 292 g/mol. The molecule has 0 aliphatic heterocycles. The van der Waals surface area contributed by atoms with E-state index in [1.165, 1.54) is 0 Å². The molecule has 1 aromatic carbocycles. The van der Waals surface area contributed by atoms with Crippen LogP contribution in [0.25, 0.3) is 5.69 Å². The molecule has 1 atom stereocenters. The molecule has 0 bridgehead atoms. The van der Waals surface area contributed by atoms with Crippen molar-refractivity contribution < 1.29 is 4.79 Å². The number of benzene rings is 1. The van der Waals surface area contributed by atoms with Crippen LogP contribution in [0, 0.1) is 5.92 Å². The smallest absolute Gasteiger partial charge is 0.242 e. The van der Waals surface area contributed by atoms with Gasteiger partial charge in [0.2, 0.25) is 5.91 Å². The fraction of sp³-hybridized carbons (Fsp3) is 0.286. The van der Waals surface area contributed by atoms with Crippen molar-refractivity contribution in [2.75, 3.05) is 5.32 Å². The highest BCUT2D eigenvalue weighted by atomic mass is 35.5. The zero-order chi connectivity index (χ0) is 14.7. The van der Waals surface area contributed by atoms with E-state index in [1.807, 2.05) is 32.0 Å². The maximum Gasteiger partial charge on any atom is 0.242 e. The molecule has 106 valence electrons. The predicted molar refractivity (Wildman–Crippen MR) is 80.0 cm³/mol. The molecular formula is C14H17ClN4O. The summed E-state index contributed by atoms with van der Waals surface area (Å²) in [6.45, 7) is 3.79. The Balaban J connectivity index is 2.14. The zero-order valence-electron chi connectivity index (χ0n) is 11.4. The number of aromatic nitrogens is 2. The molecule has 0 saturated heterocycles. The van der Waals surface area contributed by atoms with Crippen LogP contribution in [0.1, 0.15) is 13.8 Å². The highest BCUT2D eigenvalue weighted by Crippen LogP contribution is 2.20. The first-order valence-electron chi connectivity index (χ1n) is 6.36. The van der Waals surface area contributed by atoms with Crippen LogP contribution in [-0.4, -0.2) is 21.7 Å². The first-order valence-corrected chi connectivity index (χ1v) is 6.74. The largest absolute Gasteiger partial charge is 0.320 e. The maximum atomic E-state index is 11.9. The molecular weight excluding hydrogens is 276 g/mol. The second kappa shape index (κ2) is 6.07. The standard InChI is InChI=1S/C14H17ClN4O/c1-9(2)13(16)14(20)17-12-7-8-19(18-12)11-6-4-3-5-10(11)15/h3-9,13H,16H2,1-2H3,(H,17,18,20)/t13-/m0/s1. The van der Waals surface area contributed by atoms with Crippen molar-refractivity contribution >= 4 is 23.3 Å². The number of halogens is 1. The molecule has 0 aliphatic rings. The van der Waals surface area contributed by atoms with Crippen molar-refractivity contribution in [3.63, 3.8) is 0 Å². The molecule has 20 heavy (non-hydrogen) atoms. The molecule has 2 rings (SSSR count). The number of para-hydroxylation sites is 1. The zero-order valence-corrected chi connectivity index (χ0v) is 12.1. The molecule has 1 aromatic heterocycles. The van der Waals surface area contributed by atoms with Gasteiger partial charge < -0.3 is 11.1 Å². The number of hydrogen-bond donors (Lipinski definition) is 2. The minimum Gasteiger partial charge on any atom is -0.320 e. The minimum absolute atomic E-state index is 0.0700. The number of nitrogens with two attached hydrogens (primary N) is 1. The Kier molecular flexibility index (Phi) is 4.42. The van der Waals surface area contributed by atoms with Crippen molar-refractivity contribution in [2.45, 2.75) is 19.9 Å². The van der Waals surface area contributed by atoms with Crippen LogP contribution >= 0.6 is 11.6 Å². The number of hydrogen-bond acceptors (Lipinski definition) is 3. The van der Waals surface area contributed by atoms with Crippen LogP contribution in [-0.2, 0) is 4.79 Å². The van der Waals surface area contributed by atoms with Gasteiger partial charge in [0.25, 0.3) is 0 Å². The molecule has 2 aromatic rings. The van der Waals surface area contributed by atoms with E-state index in [0.717, 1.165) is 5.69 Å². The third-order valence-electron chi connectivity index (χ3n) is 2.96. The summed E-state index contributed by atoms with van der Waals surface area (Å²) in [6, 6.07) is 8.50. The van der Waals surface area contributed by atoms with E-state index in [4.69, 9.17) is 17.3 Å². The van der Waals surface area contributed by atoms with Crippen molar-refractivity contribution in [1.29, 1.82) is 0 Å². The molecule has 1 heterocycles. The number of carbonyl (C=O) groups excluding carboxylic acids is 1. The molecule has 0 unspecified atom stereocenters. The van der Waals surface area contributed by atoms with E-state index >= 15 is 0 Å². The highest BCUT2D eigenvalue weighted by molar-refractivity contribution is 6.32. The number of amides is 1. The summed E-state index contributed by atoms with van der Waals surface area (Å²) in [4.78, 5) is 11.9. The van der Waals surface area contributed by atoms with Gasteiger partial charge in [-0.15, -0.1) is 0 Å². The lowest BCUT2D eigenvalue weighted by Gasteiger charge is -2.13. The molecule has 0 aliphatic carbocycles. The van der Waals surface area contributed by atoms with Crippen LogP contribution in [0.2, 0.25) is 5.02 Å². The van der Waals surface area contributed by atoms with Crippen molar-refractivity contribution in [1.82, 2.24) is 9.78 Å². The highest BCUT2D eigenvalue weighted by Gasteiger charge is 2.18. The summed E-state index contributed by atoms with van der Waals surface area (Å²) in [5.74, 6) is 0.274. The summed E-state index contributed by atoms with van der Waals surface area (Å²) < 4.78 is 1.61. The fourth-order valence-corrected chi connectivity index (χ4v) is 1.90. The third-order valence-corrected chi connectivity index (χ3v) is 3.28. The van der Waals surface area contributed by atoms with E-state index in [1.54, 1.807) is 23.0 Å². The van der Waals surface area contributed by atoms with Gasteiger partial charge in [-0.05, 0) is 18.1 Å². The molecule has 6 heteroatoms. The molecule has 1 amide bonds. The Morgan fingerprint density at radius 3 is 2.70 bits per heavy atom. The van der Waals surface area contributed by atoms with Crippen molar-refractivity contribution in [2.24, 2.45) is 11.7 Å². The van der Waals surface area contributed by atoms with Gasteiger partial charge in [-0.1, -0.05) is 37.6 Å². The Hall–Kier alpha value is -1.85. The molecule has 0 fully saturated rings. The Labute approximate surface area is 122 Å². The van der Waals surface area contributed by atoms with E-state index < -0.39 is 6.04 Å². The summed E-state index contributed by atoms with van der Waals surface area (Å²) >= 11 is 6.10. The average molecular weight is 293 g/mol. The molecule has 0 saturated carbocycles. The lowest BCUT2D eigenvalue weighted by atomic mass is 10.1. The Morgan fingerprint density at radius 1 is 1.35 bits per heavy atom. The number of nitrogens with one attached hydrogen (secondary N) is 1. The van der Waals surface area contributed by atoms with Gasteiger partial charge in [-0.2, -0.15) is 5.10 Å². The lowest BCUT2D eigenvalue weighted by Crippen LogP contribution is -2.39. The molecule has 3 N–H and O–H groups in total. The molecule has 5 nitrogen and oxygen atoms in total. The third kappa shape index (κ3) is 3.18. The number of anilines is 1. The van der Waals surface area contributed by atoms with Gasteiger partial charge in [0, 0.05) is 12.3 Å². The van der Waals surface area contributed by atoms with E-state index in [2.05, 4.69) is 10.4 Å². The van der Waals surface area contributed by atoms with Gasteiger partial charge >= 0.3 is 0 Å². The Bertz CT molecular complexity index is 609. The first kappa shape index (κ1) is 14.6. The van der Waals surface area contributed by atoms with E-state index in [0.29, 0.717) is 10.8 Å². The number of nitrogens with zero attached hydrogens (tertiary/aromatic N) is 2. The van der Waals surface area contributed by atoms with Gasteiger partial charge in [0.05, 0.1) is 16.8 Å². The van der Waals surface area contributed by atoms with Crippen LogP contribution in [0.5, 0.6) is 0 Å². The number of carbonyl (C=O) groups is 1. The van der Waals surface area contributed by atoms with E-state index in [9.17, 15) is 4.79 Å². The summed E-state index contributed by atoms with van der Waals surface area (Å²) in [7, 11) is 0. The van der Waals surface area contributed by atoms with Gasteiger partial charge in [0.1, 0.15) is 0 Å². The van der Waals surface area contributed by atoms with Crippen LogP contribution in [0.4, 0.5) is 5.82 Å². The van der Waals surface area contributed by atoms with Crippen LogP contribution in [0.3, 0.4) is 0 Å². The summed E-state index contributed by atoms with van der Waals surface area (Å²) in [5.41, 5.74) is 6.53. The normalized spacial score (nSPS) is 12.4. The van der Waals surface area contributed by atoms with Crippen LogP contribution < -0.4 is 11.1 Å². The van der Waals surface area contributed by atoms with Gasteiger partial charge in [0.15, 0.2) is 5.82 Å². The predicted octanol–water partition coefficient (Wildman–Crippen LogP) is 2.45. The van der Waals surface area contributed by atoms with Crippen LogP contribution in [0.15, 0.2) is 36.5 Å². The van der Waals surface area contributed by atoms with E-state index in [-0.39, 0.29) is 11.8 Å². The Morgan fingerprint density at radius 2 is 2.05 bits per heavy atom. The summed E-state index contributed by atoms with van der Waals surface area (Å²) in [6.07, 6.45) is 1.73. The SMILES string of the molecule is CC(C)[C@H](N)C(=O)Nc1ccn(-c2ccccc2Cl)n1. The summed E-state index contributed by atoms with van der Waals surface area (Å²) in [5, 5.41) is 7.55. The fourth-order valence-electron chi connectivity index (χ4n) is 1.67. The quantitative estimate of drug-likeness (QED) is 0.909. The van der Waals surface area contributed by atoms with Crippen molar-refractivity contribution in [3.05, 3.63) is 41.6 Å². The van der Waals surface area contributed by atoms with Gasteiger partial charge in [-0.3, -0.25) is 4.79 Å². The number of rotatable bonds is 4. The molecule has 0 spiro atoms. The second-order valence-corrected chi connectivity index (χ2v) is 5.26. The average Bonchev–Trinajstić information content (AvgIpc) is 2.86. The second-order valence-electron chi connectivity index (χ2n) is 4.86. The maximum absolute atomic E-state index is 11.9. The van der Waals surface area contributed by atoms with Crippen molar-refractivity contribution in [3.8, 4) is 5.69 Å². The molecule has 0 radical (unpaired) electrons. The lowest BCUT2D eigenvalue weighted by molar-refractivity contribution is -0.118.